The summed E-state index contributed by atoms with van der Waals surface area (Å²) in [6, 6.07) is 7.87. The van der Waals surface area contributed by atoms with Crippen LogP contribution >= 0.6 is 7.60 Å². The third-order valence-corrected chi connectivity index (χ3v) is 10.9. The number of carbonyl (C=O) groups is 4. The van der Waals surface area contributed by atoms with Gasteiger partial charge in [-0.2, -0.15) is 8.78 Å². The Balaban J connectivity index is 1.24. The summed E-state index contributed by atoms with van der Waals surface area (Å²) >= 11 is 0. The van der Waals surface area contributed by atoms with Gasteiger partial charge in [-0.25, -0.2) is 4.39 Å². The second-order valence-electron chi connectivity index (χ2n) is 13.0. The first-order chi connectivity index (χ1) is 23.2. The summed E-state index contributed by atoms with van der Waals surface area (Å²) in [6.07, 6.45) is 3.13. The molecule has 4 atom stereocenters. The number of H-pyrrole nitrogens is 1. The highest BCUT2D eigenvalue weighted by Crippen LogP contribution is 2.59. The van der Waals surface area contributed by atoms with E-state index in [1.807, 2.05) is 0 Å². The number of rotatable bonds is 7. The van der Waals surface area contributed by atoms with Crippen molar-refractivity contribution in [3.63, 3.8) is 0 Å². The molecule has 49 heavy (non-hydrogen) atoms. The second kappa shape index (κ2) is 13.3. The number of hydrogen-bond donors (Lipinski definition) is 4. The Hall–Kier alpha value is -4.20. The zero-order valence-corrected chi connectivity index (χ0v) is 27.5. The average Bonchev–Trinajstić information content (AvgIpc) is 3.79. The van der Waals surface area contributed by atoms with E-state index < -0.39 is 42.7 Å². The van der Waals surface area contributed by atoms with Crippen LogP contribution in [-0.2, 0) is 31.0 Å². The van der Waals surface area contributed by atoms with E-state index in [4.69, 9.17) is 9.79 Å². The van der Waals surface area contributed by atoms with Gasteiger partial charge in [0.2, 0.25) is 17.7 Å². The van der Waals surface area contributed by atoms with Crippen molar-refractivity contribution in [2.75, 3.05) is 19.6 Å². The maximum atomic E-state index is 14.5. The van der Waals surface area contributed by atoms with Gasteiger partial charge in [0.05, 0.1) is 0 Å². The Kier molecular flexibility index (Phi) is 9.38. The smallest absolute Gasteiger partial charge is 0.351 e. The fraction of sp³-hybridized carbons (Fsp3) is 0.455. The molecule has 3 fully saturated rings. The molecule has 3 aliphatic rings. The molecule has 2 aromatic carbocycles. The van der Waals surface area contributed by atoms with Gasteiger partial charge >= 0.3 is 13.3 Å². The Morgan fingerprint density at radius 3 is 2.51 bits per heavy atom. The Labute approximate surface area is 279 Å². The highest BCUT2D eigenvalue weighted by atomic mass is 31.2. The van der Waals surface area contributed by atoms with Gasteiger partial charge in [-0.3, -0.25) is 23.7 Å². The second-order valence-corrected chi connectivity index (χ2v) is 14.6. The third kappa shape index (κ3) is 6.71. The lowest BCUT2D eigenvalue weighted by Crippen LogP contribution is -2.61. The SMILES string of the molecule is CC(=O)N1CC[C@H]2CC[C@@H](C(=O)N3CCCC3Cc3ccccc3F)N2C(=O)C(NC(=O)c2cc3cc(C(F)(F)P(=O)(O)O)ccc3[nH]2)C1. The molecule has 12 nitrogen and oxygen atoms in total. The van der Waals surface area contributed by atoms with Crippen LogP contribution < -0.4 is 5.32 Å². The van der Waals surface area contributed by atoms with Crippen molar-refractivity contribution in [2.24, 2.45) is 0 Å². The number of nitrogens with zero attached hydrogens (tertiary/aromatic N) is 3. The third-order valence-electron chi connectivity index (χ3n) is 9.88. The molecule has 3 aromatic rings. The molecule has 4 amide bonds. The fourth-order valence-corrected chi connectivity index (χ4v) is 7.78. The number of aromatic amines is 1. The van der Waals surface area contributed by atoms with Gasteiger partial charge in [0.1, 0.15) is 23.6 Å². The maximum absolute atomic E-state index is 14.5. The number of aromatic nitrogens is 1. The van der Waals surface area contributed by atoms with Gasteiger partial charge in [0.25, 0.3) is 5.91 Å². The van der Waals surface area contributed by atoms with Crippen molar-refractivity contribution < 1.29 is 46.7 Å². The van der Waals surface area contributed by atoms with Gasteiger partial charge in [-0.1, -0.05) is 24.3 Å². The van der Waals surface area contributed by atoms with Crippen LogP contribution in [0.1, 0.15) is 60.6 Å². The fourth-order valence-electron chi connectivity index (χ4n) is 7.30. The van der Waals surface area contributed by atoms with E-state index in [1.54, 1.807) is 23.1 Å². The van der Waals surface area contributed by atoms with Crippen LogP contribution in [-0.4, -0.2) is 96.9 Å². The first-order valence-corrected chi connectivity index (χ1v) is 17.8. The van der Waals surface area contributed by atoms with Gasteiger partial charge in [-0.05, 0) is 68.4 Å². The number of benzene rings is 2. The maximum Gasteiger partial charge on any atom is 0.399 e. The Morgan fingerprint density at radius 1 is 1.04 bits per heavy atom. The Morgan fingerprint density at radius 2 is 1.80 bits per heavy atom. The number of likely N-dealkylation sites (tertiary alicyclic amines) is 1. The number of nitrogens with one attached hydrogen (secondary N) is 2. The molecule has 2 unspecified atom stereocenters. The molecule has 4 N–H and O–H groups in total. The molecule has 16 heteroatoms. The van der Waals surface area contributed by atoms with Crippen molar-refractivity contribution in [1.82, 2.24) is 25.0 Å². The van der Waals surface area contributed by atoms with Crippen molar-refractivity contribution >= 4 is 42.1 Å². The summed E-state index contributed by atoms with van der Waals surface area (Å²) in [5.74, 6) is -2.20. The van der Waals surface area contributed by atoms with Crippen molar-refractivity contribution in [1.29, 1.82) is 0 Å². The topological polar surface area (TPSA) is 163 Å². The minimum absolute atomic E-state index is 0.0750. The number of fused-ring (bicyclic) bond motifs is 2. The molecule has 4 heterocycles. The molecule has 6 rings (SSSR count). The molecule has 262 valence electrons. The normalized spacial score (nSPS) is 23.4. The van der Waals surface area contributed by atoms with E-state index in [1.165, 1.54) is 28.9 Å². The molecular formula is C33H37F3N5O7P. The van der Waals surface area contributed by atoms with Crippen LogP contribution in [0.25, 0.3) is 10.9 Å². The standard InChI is InChI=1S/C33H37F3N5O7P/c1-19(42)39-14-12-23-9-11-29(32(45)40-13-4-6-24(40)16-20-5-2-3-7-25(20)34)41(23)31(44)28(18-39)38-30(43)27-17-21-15-22(8-10-26(21)37-27)33(35,36)49(46,47)48/h2-3,5,7-8,10,15,17,23-24,28-29,37H,4,6,9,11-14,16,18H2,1H3,(H,38,43)(H2,46,47,48)/t23-,24?,28?,29+/m1/s1. The van der Waals surface area contributed by atoms with E-state index in [2.05, 4.69) is 10.3 Å². The highest BCUT2D eigenvalue weighted by Gasteiger charge is 2.51. The quantitative estimate of drug-likeness (QED) is 0.274. The lowest BCUT2D eigenvalue weighted by molar-refractivity contribution is -0.149. The summed E-state index contributed by atoms with van der Waals surface area (Å²) in [5, 5.41) is 2.74. The lowest BCUT2D eigenvalue weighted by Gasteiger charge is -2.39. The summed E-state index contributed by atoms with van der Waals surface area (Å²) in [6.45, 7) is 1.96. The number of amides is 4. The van der Waals surface area contributed by atoms with Gasteiger partial charge in [-0.15, -0.1) is 0 Å². The minimum atomic E-state index is -5.82. The van der Waals surface area contributed by atoms with Crippen LogP contribution in [0, 0.1) is 5.82 Å². The molecule has 3 saturated heterocycles. The van der Waals surface area contributed by atoms with E-state index in [9.17, 15) is 36.9 Å². The molecule has 0 spiro atoms. The number of hydrogen-bond acceptors (Lipinski definition) is 5. The van der Waals surface area contributed by atoms with Crippen molar-refractivity contribution in [2.45, 2.75) is 75.3 Å². The van der Waals surface area contributed by atoms with Crippen molar-refractivity contribution in [3.05, 3.63) is 71.2 Å². The molecule has 0 saturated carbocycles. The molecule has 0 bridgehead atoms. The van der Waals surface area contributed by atoms with E-state index in [0.29, 0.717) is 50.8 Å². The predicted octanol–water partition coefficient (Wildman–Crippen LogP) is 3.48. The average molecular weight is 704 g/mol. The van der Waals surface area contributed by atoms with Crippen LogP contribution in [0.2, 0.25) is 0 Å². The van der Waals surface area contributed by atoms with Gasteiger partial charge in [0.15, 0.2) is 0 Å². The van der Waals surface area contributed by atoms with Crippen LogP contribution in [0.3, 0.4) is 0 Å². The Bertz CT molecular complexity index is 1850. The molecule has 0 radical (unpaired) electrons. The summed E-state index contributed by atoms with van der Waals surface area (Å²) in [5.41, 5.74) is -4.76. The molecular weight excluding hydrogens is 666 g/mol. The van der Waals surface area contributed by atoms with Gasteiger partial charge < -0.3 is 34.8 Å². The van der Waals surface area contributed by atoms with Crippen LogP contribution in [0.4, 0.5) is 13.2 Å². The van der Waals surface area contributed by atoms with Crippen LogP contribution in [0.5, 0.6) is 0 Å². The molecule has 3 aliphatic heterocycles. The molecule has 0 aliphatic carbocycles. The summed E-state index contributed by atoms with van der Waals surface area (Å²) < 4.78 is 54.5. The lowest BCUT2D eigenvalue weighted by atomic mass is 10.0. The minimum Gasteiger partial charge on any atom is -0.351 e. The van der Waals surface area contributed by atoms with Crippen molar-refractivity contribution in [3.8, 4) is 0 Å². The largest absolute Gasteiger partial charge is 0.399 e. The number of alkyl halides is 2. The summed E-state index contributed by atoms with van der Waals surface area (Å²) in [4.78, 5) is 80.1. The molecule has 1 aromatic heterocycles. The monoisotopic (exact) mass is 703 g/mol. The van der Waals surface area contributed by atoms with E-state index in [0.717, 1.165) is 24.6 Å². The zero-order valence-electron chi connectivity index (χ0n) is 26.7. The number of carbonyl (C=O) groups excluding carboxylic acids is 4. The zero-order chi connectivity index (χ0) is 35.2. The first kappa shape index (κ1) is 34.7. The number of halogens is 3. The summed E-state index contributed by atoms with van der Waals surface area (Å²) in [7, 11) is -5.82. The van der Waals surface area contributed by atoms with E-state index >= 15 is 0 Å². The predicted molar refractivity (Wildman–Crippen MR) is 171 cm³/mol. The van der Waals surface area contributed by atoms with Crippen LogP contribution in [0.15, 0.2) is 48.5 Å². The highest BCUT2D eigenvalue weighted by molar-refractivity contribution is 7.52. The first-order valence-electron chi connectivity index (χ1n) is 16.1. The van der Waals surface area contributed by atoms with Gasteiger partial charge in [0, 0.05) is 55.1 Å². The van der Waals surface area contributed by atoms with E-state index in [-0.39, 0.29) is 52.9 Å².